The van der Waals surface area contributed by atoms with Gasteiger partial charge in [0.05, 0.1) is 0 Å². The average Bonchev–Trinajstić information content (AvgIpc) is 2.73. The van der Waals surface area contributed by atoms with E-state index < -0.39 is 5.97 Å². The van der Waals surface area contributed by atoms with Crippen LogP contribution in [0, 0.1) is 0 Å². The maximum absolute atomic E-state index is 11.7. The molecule has 3 rings (SSSR count). The molecule has 2 heterocycles. The summed E-state index contributed by atoms with van der Waals surface area (Å²) in [5.41, 5.74) is 1.63. The van der Waals surface area contributed by atoms with Crippen molar-refractivity contribution in [1.82, 2.24) is 35.7 Å². The van der Waals surface area contributed by atoms with Crippen LogP contribution in [0.3, 0.4) is 0 Å². The molecule has 10 heteroatoms. The highest BCUT2D eigenvalue weighted by Gasteiger charge is 2.09. The number of carbonyl (C=O) groups is 2. The summed E-state index contributed by atoms with van der Waals surface area (Å²) in [4.78, 5) is 30.2. The number of benzene rings is 1. The van der Waals surface area contributed by atoms with E-state index in [9.17, 15) is 9.59 Å². The van der Waals surface area contributed by atoms with Gasteiger partial charge in [0.25, 0.3) is 0 Å². The van der Waals surface area contributed by atoms with Gasteiger partial charge in [-0.25, -0.2) is 9.97 Å². The Balaban J connectivity index is 1.55. The minimum absolute atomic E-state index is 0.0145. The molecule has 1 amide bonds. The maximum Gasteiger partial charge on any atom is 0.303 e. The van der Waals surface area contributed by atoms with Gasteiger partial charge in [0.15, 0.2) is 0 Å². The van der Waals surface area contributed by atoms with Crippen LogP contribution in [0.5, 0.6) is 0 Å². The van der Waals surface area contributed by atoms with E-state index >= 15 is 0 Å². The lowest BCUT2D eigenvalue weighted by molar-refractivity contribution is -0.137. The SMILES string of the molecule is O=C(O)CCCC(=O)NCc1ccc(-c2nnc(-c3ncccn3)nn2)cc1. The molecule has 0 fully saturated rings. The molecule has 0 unspecified atom stereocenters. The molecule has 0 aliphatic heterocycles. The lowest BCUT2D eigenvalue weighted by Gasteiger charge is -2.06. The molecule has 3 aromatic rings. The first-order valence-corrected chi connectivity index (χ1v) is 8.54. The normalized spacial score (nSPS) is 10.4. The third-order valence-corrected chi connectivity index (χ3v) is 3.74. The first kappa shape index (κ1) is 19.0. The predicted octanol–water partition coefficient (Wildman–Crippen LogP) is 1.26. The first-order chi connectivity index (χ1) is 13.6. The van der Waals surface area contributed by atoms with Crippen molar-refractivity contribution in [3.63, 3.8) is 0 Å². The second-order valence-electron chi connectivity index (χ2n) is 5.84. The van der Waals surface area contributed by atoms with Gasteiger partial charge in [0.1, 0.15) is 0 Å². The Morgan fingerprint density at radius 1 is 0.857 bits per heavy atom. The zero-order valence-electron chi connectivity index (χ0n) is 14.8. The third kappa shape index (κ3) is 5.34. The number of hydrogen-bond acceptors (Lipinski definition) is 8. The summed E-state index contributed by atoms with van der Waals surface area (Å²) in [6.45, 7) is 0.355. The predicted molar refractivity (Wildman–Crippen MR) is 97.4 cm³/mol. The van der Waals surface area contributed by atoms with Crippen LogP contribution in [0.25, 0.3) is 23.0 Å². The van der Waals surface area contributed by atoms with Gasteiger partial charge >= 0.3 is 5.97 Å². The number of aromatic nitrogens is 6. The van der Waals surface area contributed by atoms with E-state index in [1.165, 1.54) is 0 Å². The van der Waals surface area contributed by atoms with Gasteiger partial charge in [0, 0.05) is 37.3 Å². The second-order valence-corrected chi connectivity index (χ2v) is 5.84. The van der Waals surface area contributed by atoms with Crippen molar-refractivity contribution < 1.29 is 14.7 Å². The van der Waals surface area contributed by atoms with Crippen LogP contribution in [0.15, 0.2) is 42.7 Å². The van der Waals surface area contributed by atoms with E-state index in [1.54, 1.807) is 18.5 Å². The Labute approximate surface area is 160 Å². The van der Waals surface area contributed by atoms with Gasteiger partial charge in [-0.2, -0.15) is 0 Å². The van der Waals surface area contributed by atoms with Crippen molar-refractivity contribution in [1.29, 1.82) is 0 Å². The number of carboxylic acid groups (broad SMARTS) is 1. The van der Waals surface area contributed by atoms with Crippen LogP contribution in [0.1, 0.15) is 24.8 Å². The van der Waals surface area contributed by atoms with Crippen LogP contribution in [-0.2, 0) is 16.1 Å². The second kappa shape index (κ2) is 9.21. The van der Waals surface area contributed by atoms with Crippen molar-refractivity contribution in [2.45, 2.75) is 25.8 Å². The fourth-order valence-corrected chi connectivity index (χ4v) is 2.31. The minimum Gasteiger partial charge on any atom is -0.481 e. The molecule has 28 heavy (non-hydrogen) atoms. The topological polar surface area (TPSA) is 144 Å². The van der Waals surface area contributed by atoms with Gasteiger partial charge in [-0.1, -0.05) is 24.3 Å². The summed E-state index contributed by atoms with van der Waals surface area (Å²) < 4.78 is 0. The Morgan fingerprint density at radius 2 is 1.50 bits per heavy atom. The molecule has 0 atom stereocenters. The summed E-state index contributed by atoms with van der Waals surface area (Å²) in [5, 5.41) is 27.4. The van der Waals surface area contributed by atoms with Crippen LogP contribution in [0.2, 0.25) is 0 Å². The van der Waals surface area contributed by atoms with Crippen LogP contribution < -0.4 is 5.32 Å². The number of nitrogens with one attached hydrogen (secondary N) is 1. The average molecular weight is 379 g/mol. The fourth-order valence-electron chi connectivity index (χ4n) is 2.31. The number of carboxylic acids is 1. The third-order valence-electron chi connectivity index (χ3n) is 3.74. The largest absolute Gasteiger partial charge is 0.481 e. The minimum atomic E-state index is -0.904. The highest BCUT2D eigenvalue weighted by molar-refractivity contribution is 5.76. The summed E-state index contributed by atoms with van der Waals surface area (Å²) in [7, 11) is 0. The summed E-state index contributed by atoms with van der Waals surface area (Å²) in [6, 6.07) is 8.99. The molecule has 10 nitrogen and oxygen atoms in total. The smallest absolute Gasteiger partial charge is 0.303 e. The molecule has 0 radical (unpaired) electrons. The Morgan fingerprint density at radius 3 is 2.14 bits per heavy atom. The molecular formula is C18H17N7O3. The molecule has 0 aliphatic rings. The number of aliphatic carboxylic acids is 1. The zero-order valence-corrected chi connectivity index (χ0v) is 14.8. The molecule has 0 saturated heterocycles. The van der Waals surface area contributed by atoms with E-state index in [1.807, 2.05) is 24.3 Å². The quantitative estimate of drug-likeness (QED) is 0.591. The molecule has 0 spiro atoms. The fraction of sp³-hybridized carbons (Fsp3) is 0.222. The molecule has 1 aromatic carbocycles. The van der Waals surface area contributed by atoms with Crippen LogP contribution >= 0.6 is 0 Å². The number of amides is 1. The van der Waals surface area contributed by atoms with E-state index in [0.717, 1.165) is 11.1 Å². The zero-order chi connectivity index (χ0) is 19.8. The molecular weight excluding hydrogens is 362 g/mol. The molecule has 2 aromatic heterocycles. The molecule has 0 bridgehead atoms. The van der Waals surface area contributed by atoms with Crippen molar-refractivity contribution in [2.75, 3.05) is 0 Å². The number of rotatable bonds is 8. The Bertz CT molecular complexity index is 932. The van der Waals surface area contributed by atoms with E-state index in [0.29, 0.717) is 24.6 Å². The van der Waals surface area contributed by atoms with E-state index in [-0.39, 0.29) is 24.6 Å². The maximum atomic E-state index is 11.7. The van der Waals surface area contributed by atoms with Crippen LogP contribution in [0.4, 0.5) is 0 Å². The van der Waals surface area contributed by atoms with Gasteiger partial charge in [-0.15, -0.1) is 20.4 Å². The van der Waals surface area contributed by atoms with Gasteiger partial charge in [0.2, 0.25) is 23.4 Å². The first-order valence-electron chi connectivity index (χ1n) is 8.54. The monoisotopic (exact) mass is 379 g/mol. The molecule has 0 aliphatic carbocycles. The van der Waals surface area contributed by atoms with E-state index in [4.69, 9.17) is 5.11 Å². The summed E-state index contributed by atoms with van der Waals surface area (Å²) in [6.07, 6.45) is 3.67. The molecule has 142 valence electrons. The number of carbonyl (C=O) groups excluding carboxylic acids is 1. The van der Waals surface area contributed by atoms with E-state index in [2.05, 4.69) is 35.7 Å². The van der Waals surface area contributed by atoms with Gasteiger partial charge in [-0.05, 0) is 18.1 Å². The van der Waals surface area contributed by atoms with Crippen molar-refractivity contribution in [2.24, 2.45) is 0 Å². The lowest BCUT2D eigenvalue weighted by Crippen LogP contribution is -2.22. The van der Waals surface area contributed by atoms with Gasteiger partial charge in [-0.3, -0.25) is 9.59 Å². The Kier molecular flexibility index (Phi) is 6.24. The van der Waals surface area contributed by atoms with Crippen molar-refractivity contribution in [3.8, 4) is 23.0 Å². The summed E-state index contributed by atoms with van der Waals surface area (Å²) >= 11 is 0. The highest BCUT2D eigenvalue weighted by Crippen LogP contribution is 2.15. The van der Waals surface area contributed by atoms with Crippen molar-refractivity contribution in [3.05, 3.63) is 48.3 Å². The Hall–Kier alpha value is -3.82. The van der Waals surface area contributed by atoms with Crippen molar-refractivity contribution >= 4 is 11.9 Å². The van der Waals surface area contributed by atoms with Crippen LogP contribution in [-0.4, -0.2) is 47.3 Å². The summed E-state index contributed by atoms with van der Waals surface area (Å²) in [5.74, 6) is -0.126. The number of hydrogen-bond donors (Lipinski definition) is 2. The van der Waals surface area contributed by atoms with Gasteiger partial charge < -0.3 is 10.4 Å². The lowest BCUT2D eigenvalue weighted by atomic mass is 10.1. The molecule has 0 saturated carbocycles. The standard InChI is InChI=1S/C18H17N7O3/c26-14(3-1-4-15(27)28)21-11-12-5-7-13(8-6-12)16-22-24-18(25-23-16)17-19-9-2-10-20-17/h2,5-10H,1,3-4,11H2,(H,21,26)(H,27,28). The number of nitrogens with zero attached hydrogens (tertiary/aromatic N) is 6. The molecule has 2 N–H and O–H groups in total. The highest BCUT2D eigenvalue weighted by atomic mass is 16.4.